The van der Waals surface area contributed by atoms with Gasteiger partial charge in [0.05, 0.1) is 18.1 Å². The Bertz CT molecular complexity index is 425. The van der Waals surface area contributed by atoms with Crippen LogP contribution in [0.5, 0.6) is 0 Å². The van der Waals surface area contributed by atoms with Crippen LogP contribution in [0.3, 0.4) is 0 Å². The Labute approximate surface area is 89.4 Å². The molecule has 1 heterocycles. The number of pyridine rings is 1. The summed E-state index contributed by atoms with van der Waals surface area (Å²) in [7, 11) is 1.83. The number of nitriles is 2. The minimum atomic E-state index is 0.428. The van der Waals surface area contributed by atoms with Gasteiger partial charge in [-0.25, -0.2) is 4.98 Å². The van der Waals surface area contributed by atoms with Crippen molar-refractivity contribution in [2.24, 2.45) is 0 Å². The molecule has 0 saturated heterocycles. The summed E-state index contributed by atoms with van der Waals surface area (Å²) in [4.78, 5) is 6.12. The lowest BCUT2D eigenvalue weighted by Crippen LogP contribution is -2.20. The molecule has 0 amide bonds. The minimum Gasteiger partial charge on any atom is -0.358 e. The zero-order valence-electron chi connectivity index (χ0n) is 8.86. The number of rotatable bonds is 3. The first-order chi connectivity index (χ1) is 7.19. The Morgan fingerprint density at radius 2 is 2.13 bits per heavy atom. The maximum absolute atomic E-state index is 8.90. The highest BCUT2D eigenvalue weighted by Crippen LogP contribution is 2.16. The zero-order chi connectivity index (χ0) is 11.3. The van der Waals surface area contributed by atoms with E-state index < -0.39 is 0 Å². The third kappa shape index (κ3) is 2.69. The van der Waals surface area contributed by atoms with Crippen molar-refractivity contribution in [1.29, 1.82) is 10.5 Å². The summed E-state index contributed by atoms with van der Waals surface area (Å²) in [6.45, 7) is 2.46. The molecular formula is C11H12N4. The minimum absolute atomic E-state index is 0.428. The third-order valence-electron chi connectivity index (χ3n) is 2.06. The molecule has 0 aliphatic rings. The van der Waals surface area contributed by atoms with Crippen LogP contribution in [0.2, 0.25) is 0 Å². The number of hydrogen-bond donors (Lipinski definition) is 0. The summed E-state index contributed by atoms with van der Waals surface area (Å²) in [5.74, 6) is 0.646. The van der Waals surface area contributed by atoms with E-state index in [1.807, 2.05) is 18.9 Å². The largest absolute Gasteiger partial charge is 0.358 e. The second-order valence-electron chi connectivity index (χ2n) is 3.27. The summed E-state index contributed by atoms with van der Waals surface area (Å²) < 4.78 is 0. The van der Waals surface area contributed by atoms with Gasteiger partial charge >= 0.3 is 0 Å². The molecular weight excluding hydrogens is 188 g/mol. The van der Waals surface area contributed by atoms with Crippen LogP contribution in [-0.4, -0.2) is 18.6 Å². The Hall–Kier alpha value is -2.07. The van der Waals surface area contributed by atoms with Gasteiger partial charge in [-0.2, -0.15) is 10.5 Å². The highest BCUT2D eigenvalue weighted by molar-refractivity contribution is 5.53. The second kappa shape index (κ2) is 4.97. The van der Waals surface area contributed by atoms with E-state index in [0.29, 0.717) is 24.3 Å². The van der Waals surface area contributed by atoms with Gasteiger partial charge in [-0.1, -0.05) is 0 Å². The number of aromatic nitrogens is 1. The Morgan fingerprint density at radius 1 is 1.40 bits per heavy atom. The Balaban J connectivity index is 2.97. The molecule has 1 aromatic heterocycles. The van der Waals surface area contributed by atoms with E-state index in [9.17, 15) is 0 Å². The molecule has 0 unspecified atom stereocenters. The normalized spacial score (nSPS) is 9.07. The van der Waals surface area contributed by atoms with Gasteiger partial charge in [-0.05, 0) is 19.1 Å². The topological polar surface area (TPSA) is 63.7 Å². The van der Waals surface area contributed by atoms with E-state index >= 15 is 0 Å². The third-order valence-corrected chi connectivity index (χ3v) is 2.06. The predicted molar refractivity (Wildman–Crippen MR) is 57.2 cm³/mol. The van der Waals surface area contributed by atoms with Crippen molar-refractivity contribution < 1.29 is 0 Å². The SMILES string of the molecule is Cc1ccc(C#N)c(N(C)CCC#N)n1. The quantitative estimate of drug-likeness (QED) is 0.743. The molecule has 0 atom stereocenters. The van der Waals surface area contributed by atoms with Gasteiger partial charge in [0.2, 0.25) is 0 Å². The van der Waals surface area contributed by atoms with E-state index in [-0.39, 0.29) is 0 Å². The Morgan fingerprint density at radius 3 is 2.73 bits per heavy atom. The predicted octanol–water partition coefficient (Wildman–Crippen LogP) is 1.61. The van der Waals surface area contributed by atoms with E-state index in [4.69, 9.17) is 10.5 Å². The van der Waals surface area contributed by atoms with Crippen molar-refractivity contribution in [2.45, 2.75) is 13.3 Å². The second-order valence-corrected chi connectivity index (χ2v) is 3.27. The van der Waals surface area contributed by atoms with Crippen LogP contribution in [0.25, 0.3) is 0 Å². The molecule has 76 valence electrons. The molecule has 0 aromatic carbocycles. The molecule has 0 spiro atoms. The van der Waals surface area contributed by atoms with Crippen molar-refractivity contribution in [1.82, 2.24) is 4.98 Å². The van der Waals surface area contributed by atoms with Crippen LogP contribution >= 0.6 is 0 Å². The van der Waals surface area contributed by atoms with E-state index in [0.717, 1.165) is 5.69 Å². The van der Waals surface area contributed by atoms with Gasteiger partial charge < -0.3 is 4.90 Å². The lowest BCUT2D eigenvalue weighted by Gasteiger charge is -2.17. The van der Waals surface area contributed by atoms with Gasteiger partial charge in [0.15, 0.2) is 0 Å². The van der Waals surface area contributed by atoms with Gasteiger partial charge in [0.25, 0.3) is 0 Å². The number of aryl methyl sites for hydroxylation is 1. The molecule has 0 radical (unpaired) electrons. The van der Waals surface area contributed by atoms with E-state index in [2.05, 4.69) is 17.1 Å². The van der Waals surface area contributed by atoms with Crippen LogP contribution in [0.1, 0.15) is 17.7 Å². The average molecular weight is 200 g/mol. The molecule has 1 aromatic rings. The first-order valence-corrected chi connectivity index (χ1v) is 4.65. The molecule has 0 saturated carbocycles. The smallest absolute Gasteiger partial charge is 0.146 e. The maximum Gasteiger partial charge on any atom is 0.146 e. The van der Waals surface area contributed by atoms with Gasteiger partial charge in [0, 0.05) is 19.3 Å². The fourth-order valence-corrected chi connectivity index (χ4v) is 1.24. The van der Waals surface area contributed by atoms with Crippen molar-refractivity contribution in [3.05, 3.63) is 23.4 Å². The molecule has 1 rings (SSSR count). The van der Waals surface area contributed by atoms with Gasteiger partial charge in [-0.3, -0.25) is 0 Å². The summed E-state index contributed by atoms with van der Waals surface area (Å²) in [6, 6.07) is 7.72. The molecule has 4 nitrogen and oxygen atoms in total. The summed E-state index contributed by atoms with van der Waals surface area (Å²) in [5, 5.41) is 17.4. The summed E-state index contributed by atoms with van der Waals surface area (Å²) in [6.07, 6.45) is 0.428. The van der Waals surface area contributed by atoms with Crippen LogP contribution in [0.4, 0.5) is 5.82 Å². The average Bonchev–Trinajstić information content (AvgIpc) is 2.25. The fourth-order valence-electron chi connectivity index (χ4n) is 1.24. The van der Waals surface area contributed by atoms with E-state index in [1.54, 1.807) is 12.1 Å². The monoisotopic (exact) mass is 200 g/mol. The first kappa shape index (κ1) is 11.0. The molecule has 0 bridgehead atoms. The molecule has 0 N–H and O–H groups in total. The number of nitrogens with zero attached hydrogens (tertiary/aromatic N) is 4. The van der Waals surface area contributed by atoms with Crippen LogP contribution in [0.15, 0.2) is 12.1 Å². The fraction of sp³-hybridized carbons (Fsp3) is 0.364. The lowest BCUT2D eigenvalue weighted by molar-refractivity contribution is 0.878. The zero-order valence-corrected chi connectivity index (χ0v) is 8.86. The van der Waals surface area contributed by atoms with E-state index in [1.165, 1.54) is 0 Å². The molecule has 4 heteroatoms. The van der Waals surface area contributed by atoms with Gasteiger partial charge in [0.1, 0.15) is 11.9 Å². The van der Waals surface area contributed by atoms with Crippen molar-refractivity contribution in [3.8, 4) is 12.1 Å². The maximum atomic E-state index is 8.90. The molecule has 0 fully saturated rings. The highest BCUT2D eigenvalue weighted by atomic mass is 15.2. The standard InChI is InChI=1S/C11H12N4/c1-9-4-5-10(8-13)11(14-9)15(2)7-3-6-12/h4-5H,3,7H2,1-2H3. The molecule has 0 aliphatic carbocycles. The van der Waals surface area contributed by atoms with Crippen LogP contribution in [0, 0.1) is 29.6 Å². The summed E-state index contributed by atoms with van der Waals surface area (Å²) in [5.41, 5.74) is 1.41. The Kier molecular flexibility index (Phi) is 3.65. The molecule has 0 aliphatic heterocycles. The van der Waals surface area contributed by atoms with Crippen molar-refractivity contribution in [3.63, 3.8) is 0 Å². The first-order valence-electron chi connectivity index (χ1n) is 4.65. The molecule has 15 heavy (non-hydrogen) atoms. The highest BCUT2D eigenvalue weighted by Gasteiger charge is 2.08. The van der Waals surface area contributed by atoms with Crippen LogP contribution < -0.4 is 4.90 Å². The van der Waals surface area contributed by atoms with Crippen molar-refractivity contribution in [2.75, 3.05) is 18.5 Å². The number of anilines is 1. The lowest BCUT2D eigenvalue weighted by atomic mass is 10.2. The number of hydrogen-bond acceptors (Lipinski definition) is 4. The van der Waals surface area contributed by atoms with Crippen molar-refractivity contribution >= 4 is 5.82 Å². The van der Waals surface area contributed by atoms with Crippen LogP contribution in [-0.2, 0) is 0 Å². The van der Waals surface area contributed by atoms with Gasteiger partial charge in [-0.15, -0.1) is 0 Å². The summed E-state index contributed by atoms with van der Waals surface area (Å²) >= 11 is 0.